The van der Waals surface area contributed by atoms with Crippen LogP contribution in [-0.4, -0.2) is 19.3 Å². The van der Waals surface area contributed by atoms with E-state index in [1.54, 1.807) is 0 Å². The maximum Gasteiger partial charge on any atom is 0.142 e. The van der Waals surface area contributed by atoms with Crippen molar-refractivity contribution < 1.29 is 9.47 Å². The molecule has 1 aliphatic heterocycles. The molecule has 0 amide bonds. The van der Waals surface area contributed by atoms with Crippen molar-refractivity contribution in [3.8, 4) is 5.75 Å². The first-order chi connectivity index (χ1) is 7.97. The second-order valence-corrected chi connectivity index (χ2v) is 5.61. The second kappa shape index (κ2) is 4.57. The molecule has 17 heavy (non-hydrogen) atoms. The van der Waals surface area contributed by atoms with Crippen molar-refractivity contribution in [1.82, 2.24) is 0 Å². The first kappa shape index (κ1) is 12.2. The van der Waals surface area contributed by atoms with Crippen molar-refractivity contribution in [3.63, 3.8) is 0 Å². The zero-order valence-corrected chi connectivity index (χ0v) is 10.8. The van der Waals surface area contributed by atoms with Crippen molar-refractivity contribution in [3.05, 3.63) is 23.8 Å². The fourth-order valence-corrected chi connectivity index (χ4v) is 1.91. The molecule has 94 valence electrons. The molecule has 1 fully saturated rings. The molecule has 2 rings (SSSR count). The molecule has 3 nitrogen and oxygen atoms in total. The Labute approximate surface area is 103 Å². The molecular formula is C14H21NO2. The molecule has 1 heterocycles. The molecule has 1 atom stereocenters. The zero-order valence-electron chi connectivity index (χ0n) is 10.8. The van der Waals surface area contributed by atoms with Crippen molar-refractivity contribution in [2.75, 3.05) is 18.9 Å². The molecule has 1 aromatic carbocycles. The van der Waals surface area contributed by atoms with Crippen molar-refractivity contribution in [2.24, 2.45) is 0 Å². The lowest BCUT2D eigenvalue weighted by Gasteiger charge is -2.21. The van der Waals surface area contributed by atoms with Crippen molar-refractivity contribution in [2.45, 2.75) is 38.7 Å². The van der Waals surface area contributed by atoms with E-state index in [2.05, 4.69) is 26.8 Å². The Kier molecular flexibility index (Phi) is 3.29. The van der Waals surface area contributed by atoms with Gasteiger partial charge in [0.05, 0.1) is 18.9 Å². The van der Waals surface area contributed by atoms with E-state index in [0.717, 1.165) is 18.8 Å². The lowest BCUT2D eigenvalue weighted by molar-refractivity contribution is 0.142. The number of nitrogen functional groups attached to an aromatic ring is 1. The first-order valence-corrected chi connectivity index (χ1v) is 6.11. The lowest BCUT2D eigenvalue weighted by Crippen LogP contribution is -2.17. The Morgan fingerprint density at radius 1 is 1.35 bits per heavy atom. The summed E-state index contributed by atoms with van der Waals surface area (Å²) in [6, 6.07) is 6.06. The summed E-state index contributed by atoms with van der Waals surface area (Å²) >= 11 is 0. The first-order valence-electron chi connectivity index (χ1n) is 6.11. The van der Waals surface area contributed by atoms with Crippen LogP contribution < -0.4 is 10.5 Å². The van der Waals surface area contributed by atoms with Gasteiger partial charge in [-0.3, -0.25) is 0 Å². The Bertz CT molecular complexity index is 390. The maximum atomic E-state index is 6.03. The molecule has 1 aromatic rings. The number of benzene rings is 1. The van der Waals surface area contributed by atoms with E-state index in [1.807, 2.05) is 12.1 Å². The van der Waals surface area contributed by atoms with E-state index in [-0.39, 0.29) is 11.5 Å². The van der Waals surface area contributed by atoms with Gasteiger partial charge >= 0.3 is 0 Å². The minimum Gasteiger partial charge on any atom is -0.486 e. The third-order valence-electron chi connectivity index (χ3n) is 3.06. The topological polar surface area (TPSA) is 44.5 Å². The van der Waals surface area contributed by atoms with Crippen molar-refractivity contribution >= 4 is 5.69 Å². The highest BCUT2D eigenvalue weighted by Crippen LogP contribution is 2.30. The zero-order chi connectivity index (χ0) is 12.5. The number of hydrogen-bond donors (Lipinski definition) is 1. The van der Waals surface area contributed by atoms with Gasteiger partial charge in [0.25, 0.3) is 0 Å². The number of ether oxygens (including phenoxy) is 2. The molecular weight excluding hydrogens is 214 g/mol. The van der Waals surface area contributed by atoms with Crippen LogP contribution in [0.2, 0.25) is 0 Å². The normalized spacial score (nSPS) is 20.5. The molecule has 0 aromatic heterocycles. The predicted octanol–water partition coefficient (Wildman–Crippen LogP) is 2.73. The average molecular weight is 235 g/mol. The number of anilines is 1. The van der Waals surface area contributed by atoms with E-state index in [0.29, 0.717) is 12.3 Å². The SMILES string of the molecule is CC(C)(C)c1ccc(OC2CCOC2)c(N)c1. The summed E-state index contributed by atoms with van der Waals surface area (Å²) in [6.45, 7) is 7.97. The third-order valence-corrected chi connectivity index (χ3v) is 3.06. The van der Waals surface area contributed by atoms with E-state index in [9.17, 15) is 0 Å². The molecule has 3 heteroatoms. The van der Waals surface area contributed by atoms with Crippen LogP contribution in [0.5, 0.6) is 5.75 Å². The minimum atomic E-state index is 0.114. The Morgan fingerprint density at radius 2 is 2.12 bits per heavy atom. The van der Waals surface area contributed by atoms with Gasteiger partial charge in [-0.15, -0.1) is 0 Å². The van der Waals surface area contributed by atoms with Gasteiger partial charge in [0, 0.05) is 6.42 Å². The van der Waals surface area contributed by atoms with Crippen molar-refractivity contribution in [1.29, 1.82) is 0 Å². The van der Waals surface area contributed by atoms with Gasteiger partial charge in [-0.1, -0.05) is 26.8 Å². The van der Waals surface area contributed by atoms with Gasteiger partial charge in [0.1, 0.15) is 11.9 Å². The van der Waals surface area contributed by atoms with Crippen LogP contribution in [0.4, 0.5) is 5.69 Å². The number of hydrogen-bond acceptors (Lipinski definition) is 3. The summed E-state index contributed by atoms with van der Waals surface area (Å²) in [4.78, 5) is 0. The van der Waals surface area contributed by atoms with Gasteiger partial charge in [-0.25, -0.2) is 0 Å². The minimum absolute atomic E-state index is 0.114. The fourth-order valence-electron chi connectivity index (χ4n) is 1.91. The van der Waals surface area contributed by atoms with Crippen LogP contribution >= 0.6 is 0 Å². The van der Waals surface area contributed by atoms with Crippen LogP contribution in [0.1, 0.15) is 32.8 Å². The highest BCUT2D eigenvalue weighted by molar-refractivity contribution is 5.55. The largest absolute Gasteiger partial charge is 0.486 e. The van der Waals surface area contributed by atoms with E-state index in [1.165, 1.54) is 5.56 Å². The summed E-state index contributed by atoms with van der Waals surface area (Å²) in [5, 5.41) is 0. The van der Waals surface area contributed by atoms with Gasteiger partial charge in [-0.05, 0) is 23.1 Å². The molecule has 1 unspecified atom stereocenters. The molecule has 0 saturated carbocycles. The summed E-state index contributed by atoms with van der Waals surface area (Å²) in [5.41, 5.74) is 8.08. The van der Waals surface area contributed by atoms with Gasteiger partial charge < -0.3 is 15.2 Å². The summed E-state index contributed by atoms with van der Waals surface area (Å²) in [7, 11) is 0. The number of nitrogens with two attached hydrogens (primary N) is 1. The Balaban J connectivity index is 2.14. The fraction of sp³-hybridized carbons (Fsp3) is 0.571. The highest BCUT2D eigenvalue weighted by atomic mass is 16.5. The van der Waals surface area contributed by atoms with E-state index in [4.69, 9.17) is 15.2 Å². The highest BCUT2D eigenvalue weighted by Gasteiger charge is 2.19. The summed E-state index contributed by atoms with van der Waals surface area (Å²) in [6.07, 6.45) is 1.10. The predicted molar refractivity (Wildman–Crippen MR) is 69.4 cm³/mol. The summed E-state index contributed by atoms with van der Waals surface area (Å²) in [5.74, 6) is 0.772. The van der Waals surface area contributed by atoms with Crippen LogP contribution in [0.25, 0.3) is 0 Å². The molecule has 0 radical (unpaired) electrons. The van der Waals surface area contributed by atoms with Gasteiger partial charge in [-0.2, -0.15) is 0 Å². The molecule has 1 saturated heterocycles. The average Bonchev–Trinajstić information content (AvgIpc) is 2.72. The molecule has 2 N–H and O–H groups in total. The quantitative estimate of drug-likeness (QED) is 0.802. The van der Waals surface area contributed by atoms with Crippen LogP contribution in [0.3, 0.4) is 0 Å². The van der Waals surface area contributed by atoms with Crippen LogP contribution in [0, 0.1) is 0 Å². The van der Waals surface area contributed by atoms with E-state index >= 15 is 0 Å². The van der Waals surface area contributed by atoms with Crippen LogP contribution in [-0.2, 0) is 10.2 Å². The monoisotopic (exact) mass is 235 g/mol. The lowest BCUT2D eigenvalue weighted by atomic mass is 9.87. The second-order valence-electron chi connectivity index (χ2n) is 5.61. The maximum absolute atomic E-state index is 6.03. The molecule has 1 aliphatic rings. The molecule has 0 aliphatic carbocycles. The molecule has 0 spiro atoms. The smallest absolute Gasteiger partial charge is 0.142 e. The Hall–Kier alpha value is -1.22. The third kappa shape index (κ3) is 2.91. The van der Waals surface area contributed by atoms with Gasteiger partial charge in [0.15, 0.2) is 0 Å². The van der Waals surface area contributed by atoms with Gasteiger partial charge in [0.2, 0.25) is 0 Å². The van der Waals surface area contributed by atoms with E-state index < -0.39 is 0 Å². The van der Waals surface area contributed by atoms with Crippen LogP contribution in [0.15, 0.2) is 18.2 Å². The Morgan fingerprint density at radius 3 is 2.65 bits per heavy atom. The summed E-state index contributed by atoms with van der Waals surface area (Å²) < 4.78 is 11.1. The molecule has 0 bridgehead atoms. The standard InChI is InChI=1S/C14H21NO2/c1-14(2,3)10-4-5-13(12(15)8-10)17-11-6-7-16-9-11/h4-5,8,11H,6-7,9,15H2,1-3H3. The number of rotatable bonds is 2.